The van der Waals surface area contributed by atoms with Gasteiger partial charge in [-0.1, -0.05) is 23.7 Å². The molecule has 9 heteroatoms. The van der Waals surface area contributed by atoms with E-state index in [2.05, 4.69) is 4.74 Å². The van der Waals surface area contributed by atoms with E-state index in [-0.39, 0.29) is 16.1 Å². The molecule has 0 fully saturated rings. The minimum atomic E-state index is -4.22. The number of phenolic OH excluding ortho intramolecular Hbond substituents is 1. The predicted octanol–water partition coefficient (Wildman–Crippen LogP) is 4.67. The van der Waals surface area contributed by atoms with Gasteiger partial charge in [-0.2, -0.15) is 0 Å². The molecule has 28 heavy (non-hydrogen) atoms. The van der Waals surface area contributed by atoms with Crippen LogP contribution in [0.5, 0.6) is 5.75 Å². The van der Waals surface area contributed by atoms with Crippen molar-refractivity contribution in [2.75, 3.05) is 7.11 Å². The lowest BCUT2D eigenvalue weighted by molar-refractivity contribution is 0.0600. The predicted molar refractivity (Wildman–Crippen MR) is 105 cm³/mol. The highest BCUT2D eigenvalue weighted by molar-refractivity contribution is 7.90. The first-order valence-corrected chi connectivity index (χ1v) is 10.8. The smallest absolute Gasteiger partial charge is 0.337 e. The first-order valence-electron chi connectivity index (χ1n) is 7.89. The van der Waals surface area contributed by atoms with Crippen molar-refractivity contribution in [2.45, 2.75) is 10.6 Å². The topological polar surface area (TPSA) is 80.7 Å². The van der Waals surface area contributed by atoms with Crippen LogP contribution in [0.2, 0.25) is 5.02 Å². The lowest BCUT2D eigenvalue weighted by Crippen LogP contribution is -2.10. The standard InChI is InChI=1S/C19H14ClFO5S2/c1-26-19(23)12-8-14(20)18(22)17(9-12)28(24,25)10-13-7-11(4-5-15(13)21)16-3-2-6-27-16/h2-9,22H,10H2,1H3. The van der Waals surface area contributed by atoms with E-state index < -0.39 is 38.0 Å². The third-order valence-electron chi connectivity index (χ3n) is 3.98. The van der Waals surface area contributed by atoms with Crippen molar-refractivity contribution < 1.29 is 27.4 Å². The number of esters is 1. The van der Waals surface area contributed by atoms with Crippen molar-refractivity contribution in [3.05, 3.63) is 69.8 Å². The van der Waals surface area contributed by atoms with Gasteiger partial charge in [-0.05, 0) is 41.3 Å². The van der Waals surface area contributed by atoms with Gasteiger partial charge in [-0.3, -0.25) is 0 Å². The first kappa shape index (κ1) is 20.3. The second-order valence-electron chi connectivity index (χ2n) is 5.84. The highest BCUT2D eigenvalue weighted by Crippen LogP contribution is 2.35. The van der Waals surface area contributed by atoms with Gasteiger partial charge in [-0.15, -0.1) is 11.3 Å². The molecule has 0 saturated heterocycles. The summed E-state index contributed by atoms with van der Waals surface area (Å²) in [6.07, 6.45) is 0. The number of halogens is 2. The first-order chi connectivity index (χ1) is 13.2. The molecule has 0 aliphatic rings. The number of ether oxygens (including phenoxy) is 1. The Hall–Kier alpha value is -2.42. The van der Waals surface area contributed by atoms with Gasteiger partial charge < -0.3 is 9.84 Å². The van der Waals surface area contributed by atoms with Crippen molar-refractivity contribution in [3.63, 3.8) is 0 Å². The number of sulfone groups is 1. The molecular weight excluding hydrogens is 427 g/mol. The normalized spacial score (nSPS) is 11.4. The molecule has 0 bridgehead atoms. The van der Waals surface area contributed by atoms with Crippen molar-refractivity contribution in [1.29, 1.82) is 0 Å². The van der Waals surface area contributed by atoms with Gasteiger partial charge in [-0.25, -0.2) is 17.6 Å². The van der Waals surface area contributed by atoms with Crippen LogP contribution < -0.4 is 0 Å². The third-order valence-corrected chi connectivity index (χ3v) is 6.86. The summed E-state index contributed by atoms with van der Waals surface area (Å²) in [6, 6.07) is 9.92. The number of hydrogen-bond donors (Lipinski definition) is 1. The minimum absolute atomic E-state index is 0.0649. The summed E-state index contributed by atoms with van der Waals surface area (Å²) in [5, 5.41) is 11.6. The van der Waals surface area contributed by atoms with Gasteiger partial charge in [0.15, 0.2) is 15.6 Å². The lowest BCUT2D eigenvalue weighted by atomic mass is 10.1. The average Bonchev–Trinajstić information content (AvgIpc) is 3.19. The van der Waals surface area contributed by atoms with Gasteiger partial charge in [0.25, 0.3) is 0 Å². The summed E-state index contributed by atoms with van der Waals surface area (Å²) in [7, 11) is -3.09. The molecule has 0 saturated carbocycles. The van der Waals surface area contributed by atoms with Crippen LogP contribution in [0, 0.1) is 5.82 Å². The van der Waals surface area contributed by atoms with Gasteiger partial charge >= 0.3 is 5.97 Å². The summed E-state index contributed by atoms with van der Waals surface area (Å²) < 4.78 is 44.5. The van der Waals surface area contributed by atoms with Crippen LogP contribution in [-0.4, -0.2) is 26.6 Å². The van der Waals surface area contributed by atoms with E-state index in [0.29, 0.717) is 5.56 Å². The van der Waals surface area contributed by atoms with Crippen LogP contribution in [0.3, 0.4) is 0 Å². The number of carbonyl (C=O) groups excluding carboxylic acids is 1. The molecule has 0 aliphatic carbocycles. The highest BCUT2D eigenvalue weighted by Gasteiger charge is 2.25. The SMILES string of the molecule is COC(=O)c1cc(Cl)c(O)c(S(=O)(=O)Cc2cc(-c3cccs3)ccc2F)c1. The molecular formula is C19H14ClFO5S2. The highest BCUT2D eigenvalue weighted by atomic mass is 35.5. The van der Waals surface area contributed by atoms with Crippen LogP contribution in [0.4, 0.5) is 4.39 Å². The Morgan fingerprint density at radius 3 is 2.64 bits per heavy atom. The molecule has 0 amide bonds. The molecule has 1 aromatic heterocycles. The fourth-order valence-electron chi connectivity index (χ4n) is 2.61. The number of carbonyl (C=O) groups is 1. The molecule has 3 rings (SSSR count). The summed E-state index contributed by atoms with van der Waals surface area (Å²) in [5.41, 5.74) is 0.466. The number of benzene rings is 2. The Morgan fingerprint density at radius 2 is 2.00 bits per heavy atom. The van der Waals surface area contributed by atoms with Crippen molar-refractivity contribution in [3.8, 4) is 16.2 Å². The van der Waals surface area contributed by atoms with Crippen LogP contribution in [0.1, 0.15) is 15.9 Å². The molecule has 0 radical (unpaired) electrons. The van der Waals surface area contributed by atoms with Crippen LogP contribution in [0.15, 0.2) is 52.7 Å². The van der Waals surface area contributed by atoms with Crippen molar-refractivity contribution in [1.82, 2.24) is 0 Å². The maximum Gasteiger partial charge on any atom is 0.337 e. The zero-order valence-electron chi connectivity index (χ0n) is 14.5. The zero-order valence-corrected chi connectivity index (χ0v) is 16.9. The molecule has 3 aromatic rings. The Morgan fingerprint density at radius 1 is 1.25 bits per heavy atom. The van der Waals surface area contributed by atoms with Gasteiger partial charge in [0.05, 0.1) is 23.4 Å². The van der Waals surface area contributed by atoms with Crippen LogP contribution in [0.25, 0.3) is 10.4 Å². The van der Waals surface area contributed by atoms with Crippen molar-refractivity contribution in [2.24, 2.45) is 0 Å². The Balaban J connectivity index is 2.05. The fourth-order valence-corrected chi connectivity index (χ4v) is 5.11. The van der Waals surface area contributed by atoms with Crippen LogP contribution >= 0.6 is 22.9 Å². The maximum atomic E-state index is 14.3. The lowest BCUT2D eigenvalue weighted by Gasteiger charge is -2.11. The van der Waals surface area contributed by atoms with E-state index in [1.165, 1.54) is 23.5 Å². The molecule has 0 unspecified atom stereocenters. The number of methoxy groups -OCH3 is 1. The molecule has 0 atom stereocenters. The van der Waals surface area contributed by atoms with Gasteiger partial charge in [0, 0.05) is 10.4 Å². The monoisotopic (exact) mass is 440 g/mol. The minimum Gasteiger partial charge on any atom is -0.505 e. The van der Waals surface area contributed by atoms with E-state index in [4.69, 9.17) is 11.6 Å². The molecule has 1 heterocycles. The zero-order chi connectivity index (χ0) is 20.5. The summed E-state index contributed by atoms with van der Waals surface area (Å²) in [6.45, 7) is 0. The molecule has 2 aromatic carbocycles. The maximum absolute atomic E-state index is 14.3. The fraction of sp³-hybridized carbons (Fsp3) is 0.105. The van der Waals surface area contributed by atoms with E-state index in [0.717, 1.165) is 24.1 Å². The molecule has 0 aliphatic heterocycles. The van der Waals surface area contributed by atoms with E-state index in [1.807, 2.05) is 17.5 Å². The number of rotatable bonds is 5. The quantitative estimate of drug-likeness (QED) is 0.583. The number of thiophene rings is 1. The molecule has 0 spiro atoms. The second kappa shape index (κ2) is 7.90. The van der Waals surface area contributed by atoms with E-state index >= 15 is 0 Å². The van der Waals surface area contributed by atoms with Crippen molar-refractivity contribution >= 4 is 38.7 Å². The Kier molecular flexibility index (Phi) is 5.74. The van der Waals surface area contributed by atoms with Crippen LogP contribution in [-0.2, 0) is 20.3 Å². The molecule has 146 valence electrons. The van der Waals surface area contributed by atoms with Gasteiger partial charge in [0.2, 0.25) is 0 Å². The Labute approximate surface area is 169 Å². The molecule has 1 N–H and O–H groups in total. The second-order valence-corrected chi connectivity index (χ2v) is 9.15. The van der Waals surface area contributed by atoms with E-state index in [9.17, 15) is 22.7 Å². The van der Waals surface area contributed by atoms with E-state index in [1.54, 1.807) is 6.07 Å². The summed E-state index contributed by atoms with van der Waals surface area (Å²) in [4.78, 5) is 12.0. The van der Waals surface area contributed by atoms with Gasteiger partial charge in [0.1, 0.15) is 10.7 Å². The third kappa shape index (κ3) is 4.04. The Bertz CT molecular complexity index is 1140. The number of phenols is 1. The summed E-state index contributed by atoms with van der Waals surface area (Å²) in [5.74, 6) is -2.93. The number of hydrogen-bond acceptors (Lipinski definition) is 6. The summed E-state index contributed by atoms with van der Waals surface area (Å²) >= 11 is 7.29. The molecule has 5 nitrogen and oxygen atoms in total. The number of aromatic hydroxyl groups is 1. The average molecular weight is 441 g/mol. The largest absolute Gasteiger partial charge is 0.505 e.